The topological polar surface area (TPSA) is 46.2 Å². The van der Waals surface area contributed by atoms with Crippen molar-refractivity contribution in [2.75, 3.05) is 6.54 Å². The van der Waals surface area contributed by atoms with Crippen molar-refractivity contribution in [1.82, 2.24) is 0 Å². The second-order valence-corrected chi connectivity index (χ2v) is 5.91. The first-order valence-electron chi connectivity index (χ1n) is 7.11. The summed E-state index contributed by atoms with van der Waals surface area (Å²) < 4.78 is 12.6. The largest absolute Gasteiger partial charge is 0.508 e. The van der Waals surface area contributed by atoms with Crippen molar-refractivity contribution in [3.8, 4) is 0 Å². The molecule has 0 saturated carbocycles. The highest BCUT2D eigenvalue weighted by Crippen LogP contribution is 2.28. The van der Waals surface area contributed by atoms with Gasteiger partial charge in [-0.25, -0.2) is 4.39 Å². The second-order valence-electron chi connectivity index (χ2n) is 4.91. The number of hydrogen-bond donors (Lipinski definition) is 2. The highest BCUT2D eigenvalue weighted by Gasteiger charge is 2.11. The number of aliphatic hydroxyl groups excluding tert-OH is 1. The van der Waals surface area contributed by atoms with Crippen LogP contribution in [0.5, 0.6) is 0 Å². The molecule has 2 aromatic rings. The van der Waals surface area contributed by atoms with Gasteiger partial charge in [0.05, 0.1) is 0 Å². The molecular formula is C17H20FNOS. The third-order valence-corrected chi connectivity index (χ3v) is 4.27. The zero-order valence-electron chi connectivity index (χ0n) is 11.9. The molecule has 4 heteroatoms. The highest BCUT2D eigenvalue weighted by atomic mass is 32.1. The normalized spacial score (nSPS) is 13.0. The number of halogens is 1. The fraction of sp³-hybridized carbons (Fsp3) is 0.294. The van der Waals surface area contributed by atoms with Gasteiger partial charge in [0.2, 0.25) is 0 Å². The Morgan fingerprint density at radius 1 is 1.29 bits per heavy atom. The van der Waals surface area contributed by atoms with E-state index in [1.165, 1.54) is 10.9 Å². The first-order valence-corrected chi connectivity index (χ1v) is 7.99. The van der Waals surface area contributed by atoms with Crippen molar-refractivity contribution < 1.29 is 9.50 Å². The summed E-state index contributed by atoms with van der Waals surface area (Å²) in [5.74, 6) is 0.294. The fourth-order valence-electron chi connectivity index (χ4n) is 2.21. The Hall–Kier alpha value is -1.65. The van der Waals surface area contributed by atoms with Gasteiger partial charge < -0.3 is 10.8 Å². The van der Waals surface area contributed by atoms with Gasteiger partial charge in [-0.15, -0.1) is 11.3 Å². The molecule has 0 amide bonds. The van der Waals surface area contributed by atoms with E-state index in [-0.39, 0.29) is 5.82 Å². The lowest BCUT2D eigenvalue weighted by Gasteiger charge is -2.06. The quantitative estimate of drug-likeness (QED) is 0.887. The zero-order valence-corrected chi connectivity index (χ0v) is 12.7. The number of nitrogens with two attached hydrogens (primary N) is 1. The SMILES string of the molecule is NCCCc1cccc(F)c1.OC1=CCCc2sccc21. The second kappa shape index (κ2) is 7.96. The molecule has 0 aliphatic heterocycles. The molecule has 0 radical (unpaired) electrons. The van der Waals surface area contributed by atoms with Crippen molar-refractivity contribution in [3.63, 3.8) is 0 Å². The van der Waals surface area contributed by atoms with Gasteiger partial charge in [0.1, 0.15) is 11.6 Å². The van der Waals surface area contributed by atoms with Crippen LogP contribution in [0, 0.1) is 5.82 Å². The van der Waals surface area contributed by atoms with Crippen LogP contribution in [0.4, 0.5) is 4.39 Å². The van der Waals surface area contributed by atoms with E-state index in [0.717, 1.165) is 36.8 Å². The average Bonchev–Trinajstić information content (AvgIpc) is 2.96. The molecule has 1 heterocycles. The molecule has 1 aromatic heterocycles. The summed E-state index contributed by atoms with van der Waals surface area (Å²) in [5.41, 5.74) is 7.38. The van der Waals surface area contributed by atoms with Crippen molar-refractivity contribution in [2.24, 2.45) is 5.73 Å². The number of allylic oxidation sites excluding steroid dienone is 1. The minimum Gasteiger partial charge on any atom is -0.508 e. The Morgan fingerprint density at radius 3 is 2.86 bits per heavy atom. The fourth-order valence-corrected chi connectivity index (χ4v) is 3.11. The van der Waals surface area contributed by atoms with E-state index in [1.807, 2.05) is 23.6 Å². The minimum atomic E-state index is -0.167. The van der Waals surface area contributed by atoms with Crippen LogP contribution in [0.3, 0.4) is 0 Å². The molecule has 0 bridgehead atoms. The van der Waals surface area contributed by atoms with Gasteiger partial charge in [0.25, 0.3) is 0 Å². The molecule has 0 unspecified atom stereocenters. The van der Waals surface area contributed by atoms with E-state index in [9.17, 15) is 9.50 Å². The summed E-state index contributed by atoms with van der Waals surface area (Å²) in [6.07, 6.45) is 5.75. The van der Waals surface area contributed by atoms with Crippen molar-refractivity contribution in [2.45, 2.75) is 25.7 Å². The van der Waals surface area contributed by atoms with Crippen LogP contribution in [-0.4, -0.2) is 11.7 Å². The standard InChI is InChI=1S/C9H12FN.C8H8OS/c10-9-5-1-3-8(7-9)4-2-6-11;9-7-2-1-3-8-6(7)4-5-10-8/h1,3,5,7H,2,4,6,11H2;2,4-5,9H,1,3H2. The summed E-state index contributed by atoms with van der Waals surface area (Å²) in [7, 11) is 0. The van der Waals surface area contributed by atoms with Crippen molar-refractivity contribution >= 4 is 17.1 Å². The highest BCUT2D eigenvalue weighted by molar-refractivity contribution is 7.10. The lowest BCUT2D eigenvalue weighted by atomic mass is 10.1. The summed E-state index contributed by atoms with van der Waals surface area (Å²) in [6.45, 7) is 0.663. The van der Waals surface area contributed by atoms with Crippen LogP contribution in [0.2, 0.25) is 0 Å². The Morgan fingerprint density at radius 2 is 2.14 bits per heavy atom. The number of fused-ring (bicyclic) bond motifs is 1. The number of benzene rings is 1. The first-order chi connectivity index (χ1) is 10.2. The van der Waals surface area contributed by atoms with Gasteiger partial charge in [-0.3, -0.25) is 0 Å². The van der Waals surface area contributed by atoms with Crippen LogP contribution in [0.1, 0.15) is 28.8 Å². The lowest BCUT2D eigenvalue weighted by Crippen LogP contribution is -2.00. The van der Waals surface area contributed by atoms with Gasteiger partial charge in [0, 0.05) is 10.4 Å². The maximum atomic E-state index is 12.6. The van der Waals surface area contributed by atoms with E-state index in [0.29, 0.717) is 12.3 Å². The number of hydrogen-bond acceptors (Lipinski definition) is 3. The zero-order chi connectivity index (χ0) is 15.1. The predicted molar refractivity (Wildman–Crippen MR) is 87.0 cm³/mol. The molecule has 1 aliphatic rings. The Kier molecular flexibility index (Phi) is 5.96. The van der Waals surface area contributed by atoms with E-state index in [1.54, 1.807) is 23.5 Å². The van der Waals surface area contributed by atoms with Gasteiger partial charge >= 0.3 is 0 Å². The smallest absolute Gasteiger partial charge is 0.123 e. The van der Waals surface area contributed by atoms with Crippen LogP contribution < -0.4 is 5.73 Å². The van der Waals surface area contributed by atoms with Crippen LogP contribution >= 0.6 is 11.3 Å². The number of rotatable bonds is 3. The Bertz CT molecular complexity index is 606. The number of aliphatic hydroxyl groups is 1. The van der Waals surface area contributed by atoms with Crippen LogP contribution in [0.25, 0.3) is 5.76 Å². The summed E-state index contributed by atoms with van der Waals surface area (Å²) >= 11 is 1.73. The number of thiophene rings is 1. The minimum absolute atomic E-state index is 0.167. The molecular weight excluding hydrogens is 285 g/mol. The summed E-state index contributed by atoms with van der Waals surface area (Å²) in [5, 5.41) is 11.3. The average molecular weight is 305 g/mol. The maximum Gasteiger partial charge on any atom is 0.123 e. The molecule has 0 spiro atoms. The number of aryl methyl sites for hydroxylation is 2. The molecule has 0 atom stereocenters. The van der Waals surface area contributed by atoms with Crippen molar-refractivity contribution in [1.29, 1.82) is 0 Å². The molecule has 1 aromatic carbocycles. The Balaban J connectivity index is 0.000000154. The molecule has 0 fully saturated rings. The molecule has 2 nitrogen and oxygen atoms in total. The van der Waals surface area contributed by atoms with E-state index in [4.69, 9.17) is 5.73 Å². The summed E-state index contributed by atoms with van der Waals surface area (Å²) in [4.78, 5) is 1.32. The lowest BCUT2D eigenvalue weighted by molar-refractivity contribution is 0.506. The molecule has 1 aliphatic carbocycles. The van der Waals surface area contributed by atoms with Crippen LogP contribution in [-0.2, 0) is 12.8 Å². The van der Waals surface area contributed by atoms with Crippen LogP contribution in [0.15, 0.2) is 41.8 Å². The first kappa shape index (κ1) is 15.7. The third kappa shape index (κ3) is 4.69. The molecule has 3 rings (SSSR count). The monoisotopic (exact) mass is 305 g/mol. The van der Waals surface area contributed by atoms with Gasteiger partial charge in [-0.2, -0.15) is 0 Å². The van der Waals surface area contributed by atoms with Gasteiger partial charge in [0.15, 0.2) is 0 Å². The van der Waals surface area contributed by atoms with E-state index in [2.05, 4.69) is 0 Å². The molecule has 3 N–H and O–H groups in total. The molecule has 0 saturated heterocycles. The van der Waals surface area contributed by atoms with Crippen molar-refractivity contribution in [3.05, 3.63) is 63.6 Å². The third-order valence-electron chi connectivity index (χ3n) is 3.29. The molecule has 21 heavy (non-hydrogen) atoms. The summed E-state index contributed by atoms with van der Waals surface area (Å²) in [6, 6.07) is 8.62. The van der Waals surface area contributed by atoms with E-state index >= 15 is 0 Å². The molecule has 112 valence electrons. The van der Waals surface area contributed by atoms with E-state index < -0.39 is 0 Å². The van der Waals surface area contributed by atoms with Gasteiger partial charge in [-0.05, 0) is 67.4 Å². The van der Waals surface area contributed by atoms with Gasteiger partial charge in [-0.1, -0.05) is 12.1 Å². The Labute approximate surface area is 128 Å². The predicted octanol–water partition coefficient (Wildman–Crippen LogP) is 4.31. The maximum absolute atomic E-state index is 12.6.